The predicted octanol–water partition coefficient (Wildman–Crippen LogP) is 4.67. The Labute approximate surface area is 124 Å². The third-order valence-corrected chi connectivity index (χ3v) is 3.80. The zero-order valence-corrected chi connectivity index (χ0v) is 13.7. The summed E-state index contributed by atoms with van der Waals surface area (Å²) in [6.07, 6.45) is 7.32. The van der Waals surface area contributed by atoms with Gasteiger partial charge in [-0.05, 0) is 66.8 Å². The number of fused-ring (bicyclic) bond motifs is 3. The van der Waals surface area contributed by atoms with Crippen LogP contribution in [0.25, 0.3) is 0 Å². The van der Waals surface area contributed by atoms with E-state index in [4.69, 9.17) is 0 Å². The molecular formula is C18H29NO. The van der Waals surface area contributed by atoms with Crippen molar-refractivity contribution in [2.24, 2.45) is 0 Å². The van der Waals surface area contributed by atoms with Crippen molar-refractivity contribution in [2.45, 2.75) is 73.1 Å². The van der Waals surface area contributed by atoms with Crippen molar-refractivity contribution in [2.75, 3.05) is 5.32 Å². The Morgan fingerprint density at radius 2 is 1.45 bits per heavy atom. The topological polar surface area (TPSA) is 29.1 Å². The molecule has 0 atom stereocenters. The first kappa shape index (κ1) is 16.7. The summed E-state index contributed by atoms with van der Waals surface area (Å²) in [7, 11) is 0. The summed E-state index contributed by atoms with van der Waals surface area (Å²) in [4.78, 5) is 11.2. The van der Waals surface area contributed by atoms with Crippen molar-refractivity contribution in [3.63, 3.8) is 0 Å². The average Bonchev–Trinajstić information content (AvgIpc) is 3.10. The molecule has 2 aliphatic rings. The number of anilines is 1. The Bertz CT molecular complexity index is 463. The van der Waals surface area contributed by atoms with Crippen molar-refractivity contribution in [3.8, 4) is 0 Å². The number of amides is 1. The SMILES string of the molecule is CC.CC.CC(=O)Nc1cc2c(c3c1CCC3)CCC2. The summed E-state index contributed by atoms with van der Waals surface area (Å²) in [6.45, 7) is 9.59. The number of carbonyl (C=O) groups excluding carboxylic acids is 1. The highest BCUT2D eigenvalue weighted by Gasteiger charge is 2.24. The van der Waals surface area contributed by atoms with Crippen LogP contribution in [-0.4, -0.2) is 5.91 Å². The second-order valence-electron chi connectivity index (χ2n) is 4.91. The van der Waals surface area contributed by atoms with Crippen LogP contribution in [0.3, 0.4) is 0 Å². The Balaban J connectivity index is 0.000000461. The van der Waals surface area contributed by atoms with Crippen molar-refractivity contribution < 1.29 is 4.79 Å². The second kappa shape index (κ2) is 8.08. The van der Waals surface area contributed by atoms with E-state index < -0.39 is 0 Å². The number of nitrogens with one attached hydrogen (secondary N) is 1. The van der Waals surface area contributed by atoms with Gasteiger partial charge in [0.15, 0.2) is 0 Å². The molecule has 0 bridgehead atoms. The molecule has 0 radical (unpaired) electrons. The Morgan fingerprint density at radius 1 is 0.900 bits per heavy atom. The summed E-state index contributed by atoms with van der Waals surface area (Å²) in [6, 6.07) is 2.22. The Morgan fingerprint density at radius 3 is 2.10 bits per heavy atom. The molecule has 3 rings (SSSR count). The molecular weight excluding hydrogens is 246 g/mol. The fraction of sp³-hybridized carbons (Fsp3) is 0.611. The first-order valence-corrected chi connectivity index (χ1v) is 8.20. The molecule has 2 aliphatic carbocycles. The van der Waals surface area contributed by atoms with Crippen molar-refractivity contribution >= 4 is 11.6 Å². The number of benzene rings is 1. The van der Waals surface area contributed by atoms with E-state index in [0.29, 0.717) is 0 Å². The van der Waals surface area contributed by atoms with Crippen LogP contribution in [0.4, 0.5) is 5.69 Å². The molecule has 0 fully saturated rings. The van der Waals surface area contributed by atoms with Gasteiger partial charge in [-0.25, -0.2) is 0 Å². The fourth-order valence-electron chi connectivity index (χ4n) is 3.21. The largest absolute Gasteiger partial charge is 0.326 e. The van der Waals surface area contributed by atoms with Crippen LogP contribution >= 0.6 is 0 Å². The van der Waals surface area contributed by atoms with Gasteiger partial charge < -0.3 is 5.32 Å². The minimum atomic E-state index is 0.0482. The highest BCUT2D eigenvalue weighted by atomic mass is 16.1. The maximum absolute atomic E-state index is 11.2. The second-order valence-corrected chi connectivity index (χ2v) is 4.91. The smallest absolute Gasteiger partial charge is 0.221 e. The zero-order chi connectivity index (χ0) is 15.1. The highest BCUT2D eigenvalue weighted by molar-refractivity contribution is 5.90. The number of rotatable bonds is 1. The molecule has 0 heterocycles. The zero-order valence-electron chi connectivity index (χ0n) is 13.7. The Hall–Kier alpha value is -1.31. The van der Waals surface area contributed by atoms with Crippen LogP contribution < -0.4 is 5.32 Å². The number of carbonyl (C=O) groups is 1. The lowest BCUT2D eigenvalue weighted by Crippen LogP contribution is -2.09. The van der Waals surface area contributed by atoms with Gasteiger partial charge in [0, 0.05) is 12.6 Å². The molecule has 2 heteroatoms. The number of hydrogen-bond donors (Lipinski definition) is 1. The molecule has 0 aliphatic heterocycles. The number of aryl methyl sites for hydroxylation is 1. The quantitative estimate of drug-likeness (QED) is 0.792. The van der Waals surface area contributed by atoms with E-state index in [2.05, 4.69) is 11.4 Å². The highest BCUT2D eigenvalue weighted by Crippen LogP contribution is 2.38. The van der Waals surface area contributed by atoms with E-state index in [1.807, 2.05) is 27.7 Å². The van der Waals surface area contributed by atoms with Gasteiger partial charge in [-0.1, -0.05) is 27.7 Å². The van der Waals surface area contributed by atoms with Gasteiger partial charge in [0.1, 0.15) is 0 Å². The van der Waals surface area contributed by atoms with E-state index in [1.54, 1.807) is 18.1 Å². The molecule has 1 aromatic carbocycles. The first-order chi connectivity index (χ1) is 9.75. The van der Waals surface area contributed by atoms with E-state index in [1.165, 1.54) is 43.2 Å². The molecule has 0 saturated heterocycles. The summed E-state index contributed by atoms with van der Waals surface area (Å²) in [5, 5.41) is 3.00. The molecule has 112 valence electrons. The summed E-state index contributed by atoms with van der Waals surface area (Å²) >= 11 is 0. The van der Waals surface area contributed by atoms with Gasteiger partial charge in [-0.3, -0.25) is 4.79 Å². The minimum Gasteiger partial charge on any atom is -0.326 e. The molecule has 1 aromatic rings. The summed E-state index contributed by atoms with van der Waals surface area (Å²) in [5.74, 6) is 0.0482. The van der Waals surface area contributed by atoms with E-state index in [9.17, 15) is 4.79 Å². The predicted molar refractivity (Wildman–Crippen MR) is 87.5 cm³/mol. The fourth-order valence-corrected chi connectivity index (χ4v) is 3.21. The molecule has 0 unspecified atom stereocenters. The molecule has 1 N–H and O–H groups in total. The standard InChI is InChI=1S/C14H17NO.2C2H6/c1-9(16)15-14-8-10-4-2-5-11(10)12-6-3-7-13(12)14;2*1-2/h8H,2-7H2,1H3,(H,15,16);2*1-2H3. The maximum atomic E-state index is 11.2. The number of hydrogen-bond acceptors (Lipinski definition) is 1. The van der Waals surface area contributed by atoms with Crippen molar-refractivity contribution in [1.82, 2.24) is 0 Å². The van der Waals surface area contributed by atoms with Crippen LogP contribution in [0, 0.1) is 0 Å². The third-order valence-electron chi connectivity index (χ3n) is 3.80. The van der Waals surface area contributed by atoms with E-state index in [-0.39, 0.29) is 5.91 Å². The molecule has 0 spiro atoms. The molecule has 0 aromatic heterocycles. The van der Waals surface area contributed by atoms with E-state index in [0.717, 1.165) is 12.1 Å². The van der Waals surface area contributed by atoms with Crippen LogP contribution in [0.15, 0.2) is 6.07 Å². The average molecular weight is 275 g/mol. The van der Waals surface area contributed by atoms with Gasteiger partial charge in [0.25, 0.3) is 0 Å². The molecule has 0 saturated carbocycles. The molecule has 20 heavy (non-hydrogen) atoms. The van der Waals surface area contributed by atoms with Crippen LogP contribution in [0.5, 0.6) is 0 Å². The Kier molecular flexibility index (Phi) is 6.77. The third kappa shape index (κ3) is 3.41. The normalized spacial score (nSPS) is 14.2. The summed E-state index contributed by atoms with van der Waals surface area (Å²) in [5.41, 5.74) is 7.13. The van der Waals surface area contributed by atoms with Gasteiger partial charge in [-0.2, -0.15) is 0 Å². The van der Waals surface area contributed by atoms with Crippen LogP contribution in [0.2, 0.25) is 0 Å². The summed E-state index contributed by atoms with van der Waals surface area (Å²) < 4.78 is 0. The lowest BCUT2D eigenvalue weighted by Gasteiger charge is -2.13. The maximum Gasteiger partial charge on any atom is 0.221 e. The van der Waals surface area contributed by atoms with Crippen LogP contribution in [0.1, 0.15) is 69.7 Å². The molecule has 1 amide bonds. The van der Waals surface area contributed by atoms with Gasteiger partial charge >= 0.3 is 0 Å². The lowest BCUT2D eigenvalue weighted by atomic mass is 9.98. The minimum absolute atomic E-state index is 0.0482. The lowest BCUT2D eigenvalue weighted by molar-refractivity contribution is -0.114. The molecule has 2 nitrogen and oxygen atoms in total. The van der Waals surface area contributed by atoms with Crippen molar-refractivity contribution in [1.29, 1.82) is 0 Å². The van der Waals surface area contributed by atoms with Crippen molar-refractivity contribution in [3.05, 3.63) is 28.3 Å². The van der Waals surface area contributed by atoms with E-state index >= 15 is 0 Å². The monoisotopic (exact) mass is 275 g/mol. The van der Waals surface area contributed by atoms with Gasteiger partial charge in [-0.15, -0.1) is 0 Å². The van der Waals surface area contributed by atoms with Gasteiger partial charge in [0.05, 0.1) is 0 Å². The first-order valence-electron chi connectivity index (χ1n) is 8.20. The van der Waals surface area contributed by atoms with Gasteiger partial charge in [0.2, 0.25) is 5.91 Å². The van der Waals surface area contributed by atoms with Crippen LogP contribution in [-0.2, 0) is 30.5 Å².